The van der Waals surface area contributed by atoms with Gasteiger partial charge in [-0.05, 0) is 29.8 Å². The molecular formula is C15H18N2O2S. The number of benzene rings is 2. The van der Waals surface area contributed by atoms with E-state index in [9.17, 15) is 8.42 Å². The third-order valence-electron chi connectivity index (χ3n) is 2.95. The normalized spacial score (nSPS) is 11.6. The summed E-state index contributed by atoms with van der Waals surface area (Å²) in [6.45, 7) is 0.584. The summed E-state index contributed by atoms with van der Waals surface area (Å²) >= 11 is 0. The Bertz CT molecular complexity index is 667. The van der Waals surface area contributed by atoms with Gasteiger partial charge in [-0.1, -0.05) is 30.3 Å². The van der Waals surface area contributed by atoms with Crippen molar-refractivity contribution in [2.45, 2.75) is 11.4 Å². The van der Waals surface area contributed by atoms with Gasteiger partial charge >= 0.3 is 0 Å². The molecule has 2 aromatic carbocycles. The molecule has 0 aromatic heterocycles. The first-order valence-electron chi connectivity index (χ1n) is 6.30. The van der Waals surface area contributed by atoms with Gasteiger partial charge < -0.3 is 5.32 Å². The van der Waals surface area contributed by atoms with Crippen LogP contribution in [0, 0.1) is 0 Å². The third kappa shape index (κ3) is 3.37. The van der Waals surface area contributed by atoms with Gasteiger partial charge in [0.2, 0.25) is 10.0 Å². The molecule has 0 bridgehead atoms. The number of anilines is 1. The van der Waals surface area contributed by atoms with Crippen LogP contribution in [0.25, 0.3) is 0 Å². The van der Waals surface area contributed by atoms with Crippen LogP contribution in [0.4, 0.5) is 5.69 Å². The Morgan fingerprint density at radius 1 is 1.00 bits per heavy atom. The minimum atomic E-state index is -3.38. The highest BCUT2D eigenvalue weighted by Gasteiger charge is 2.16. The molecule has 2 aromatic rings. The number of rotatable bonds is 5. The van der Waals surface area contributed by atoms with Crippen LogP contribution in [0.1, 0.15) is 5.56 Å². The van der Waals surface area contributed by atoms with Crippen molar-refractivity contribution in [2.75, 3.05) is 19.4 Å². The highest BCUT2D eigenvalue weighted by molar-refractivity contribution is 7.89. The second kappa shape index (κ2) is 6.07. The Hall–Kier alpha value is -1.85. The Morgan fingerprint density at radius 2 is 1.70 bits per heavy atom. The van der Waals surface area contributed by atoms with Gasteiger partial charge in [0.05, 0.1) is 4.90 Å². The lowest BCUT2D eigenvalue weighted by molar-refractivity contribution is 0.520. The van der Waals surface area contributed by atoms with Crippen molar-refractivity contribution in [2.24, 2.45) is 0 Å². The summed E-state index contributed by atoms with van der Waals surface area (Å²) in [5.41, 5.74) is 1.94. The lowest BCUT2D eigenvalue weighted by Crippen LogP contribution is -2.22. The average Bonchev–Trinajstić information content (AvgIpc) is 2.46. The molecule has 0 amide bonds. The molecule has 20 heavy (non-hydrogen) atoms. The van der Waals surface area contributed by atoms with Crippen LogP contribution < -0.4 is 5.32 Å². The van der Waals surface area contributed by atoms with Crippen LogP contribution in [0.5, 0.6) is 0 Å². The summed E-state index contributed by atoms with van der Waals surface area (Å²) in [5.74, 6) is 0. The van der Waals surface area contributed by atoms with Gasteiger partial charge in [0, 0.05) is 26.3 Å². The molecule has 5 heteroatoms. The monoisotopic (exact) mass is 290 g/mol. The predicted octanol–water partition coefficient (Wildman–Crippen LogP) is 2.55. The van der Waals surface area contributed by atoms with E-state index in [4.69, 9.17) is 0 Å². The van der Waals surface area contributed by atoms with Crippen LogP contribution in [0.2, 0.25) is 0 Å². The summed E-state index contributed by atoms with van der Waals surface area (Å²) in [4.78, 5) is 0.315. The molecule has 0 spiro atoms. The zero-order valence-electron chi connectivity index (χ0n) is 11.6. The Morgan fingerprint density at radius 3 is 2.35 bits per heavy atom. The second-order valence-corrected chi connectivity index (χ2v) is 6.81. The molecule has 0 aliphatic heterocycles. The molecule has 0 saturated heterocycles. The Kier molecular flexibility index (Phi) is 4.42. The maximum atomic E-state index is 12.1. The van der Waals surface area contributed by atoms with E-state index >= 15 is 0 Å². The largest absolute Gasteiger partial charge is 0.381 e. The van der Waals surface area contributed by atoms with Crippen LogP contribution in [0.3, 0.4) is 0 Å². The van der Waals surface area contributed by atoms with Gasteiger partial charge in [-0.2, -0.15) is 0 Å². The first-order valence-corrected chi connectivity index (χ1v) is 7.74. The quantitative estimate of drug-likeness (QED) is 0.920. The maximum absolute atomic E-state index is 12.1. The molecule has 0 fully saturated rings. The van der Waals surface area contributed by atoms with Crippen LogP contribution in [0.15, 0.2) is 59.5 Å². The molecule has 0 unspecified atom stereocenters. The minimum absolute atomic E-state index is 0.315. The molecule has 1 N–H and O–H groups in total. The number of sulfonamides is 1. The summed E-state index contributed by atoms with van der Waals surface area (Å²) < 4.78 is 25.3. The van der Waals surface area contributed by atoms with E-state index in [1.54, 1.807) is 18.2 Å². The predicted molar refractivity (Wildman–Crippen MR) is 81.1 cm³/mol. The number of nitrogens with one attached hydrogen (secondary N) is 1. The van der Waals surface area contributed by atoms with Crippen molar-refractivity contribution in [1.29, 1.82) is 0 Å². The van der Waals surface area contributed by atoms with Crippen molar-refractivity contribution in [3.63, 3.8) is 0 Å². The summed E-state index contributed by atoms with van der Waals surface area (Å²) in [7, 11) is -0.313. The lowest BCUT2D eigenvalue weighted by atomic mass is 10.2. The van der Waals surface area contributed by atoms with E-state index in [-0.39, 0.29) is 0 Å². The van der Waals surface area contributed by atoms with Gasteiger partial charge in [0.15, 0.2) is 0 Å². The average molecular weight is 290 g/mol. The number of hydrogen-bond donors (Lipinski definition) is 1. The molecule has 0 aliphatic rings. The van der Waals surface area contributed by atoms with Gasteiger partial charge in [0.1, 0.15) is 0 Å². The minimum Gasteiger partial charge on any atom is -0.381 e. The summed E-state index contributed by atoms with van der Waals surface area (Å²) in [5, 5.41) is 3.26. The van der Waals surface area contributed by atoms with E-state index < -0.39 is 10.0 Å². The van der Waals surface area contributed by atoms with Crippen molar-refractivity contribution in [3.05, 3.63) is 60.2 Å². The maximum Gasteiger partial charge on any atom is 0.242 e. The molecule has 2 rings (SSSR count). The second-order valence-electron chi connectivity index (χ2n) is 4.65. The highest BCUT2D eigenvalue weighted by Crippen LogP contribution is 2.16. The highest BCUT2D eigenvalue weighted by atomic mass is 32.2. The number of para-hydroxylation sites is 1. The lowest BCUT2D eigenvalue weighted by Gasteiger charge is -2.12. The van der Waals surface area contributed by atoms with Crippen molar-refractivity contribution < 1.29 is 8.42 Å². The Balaban J connectivity index is 2.15. The van der Waals surface area contributed by atoms with Crippen molar-refractivity contribution in [3.8, 4) is 0 Å². The fourth-order valence-corrected chi connectivity index (χ4v) is 2.76. The smallest absolute Gasteiger partial charge is 0.242 e. The van der Waals surface area contributed by atoms with Crippen molar-refractivity contribution in [1.82, 2.24) is 4.31 Å². The number of hydrogen-bond acceptors (Lipinski definition) is 3. The molecule has 0 aliphatic carbocycles. The zero-order chi connectivity index (χ0) is 14.6. The topological polar surface area (TPSA) is 49.4 Å². The number of nitrogens with zero attached hydrogens (tertiary/aromatic N) is 1. The van der Waals surface area contributed by atoms with E-state index in [1.807, 2.05) is 36.4 Å². The van der Waals surface area contributed by atoms with Crippen LogP contribution in [-0.4, -0.2) is 26.8 Å². The van der Waals surface area contributed by atoms with Crippen LogP contribution >= 0.6 is 0 Å². The van der Waals surface area contributed by atoms with E-state index in [0.29, 0.717) is 11.4 Å². The molecule has 0 radical (unpaired) electrons. The first-order chi connectivity index (χ1) is 9.50. The molecule has 0 saturated carbocycles. The van der Waals surface area contributed by atoms with Gasteiger partial charge in [0.25, 0.3) is 0 Å². The molecule has 0 heterocycles. The van der Waals surface area contributed by atoms with Gasteiger partial charge in [-0.25, -0.2) is 12.7 Å². The van der Waals surface area contributed by atoms with E-state index in [0.717, 1.165) is 11.3 Å². The first kappa shape index (κ1) is 14.6. The van der Waals surface area contributed by atoms with E-state index in [1.165, 1.54) is 18.4 Å². The van der Waals surface area contributed by atoms with Gasteiger partial charge in [-0.3, -0.25) is 0 Å². The summed E-state index contributed by atoms with van der Waals surface area (Å²) in [6.07, 6.45) is 0. The van der Waals surface area contributed by atoms with E-state index in [2.05, 4.69) is 5.32 Å². The molecular weight excluding hydrogens is 272 g/mol. The van der Waals surface area contributed by atoms with Gasteiger partial charge in [-0.15, -0.1) is 0 Å². The fraction of sp³-hybridized carbons (Fsp3) is 0.200. The molecule has 106 valence electrons. The van der Waals surface area contributed by atoms with Crippen molar-refractivity contribution >= 4 is 15.7 Å². The fourth-order valence-electron chi connectivity index (χ4n) is 1.79. The SMILES string of the molecule is CN(C)S(=O)(=O)c1cccc(CNc2ccccc2)c1. The zero-order valence-corrected chi connectivity index (χ0v) is 12.4. The molecule has 0 atom stereocenters. The van der Waals surface area contributed by atoms with Crippen LogP contribution in [-0.2, 0) is 16.6 Å². The summed E-state index contributed by atoms with van der Waals surface area (Å²) in [6, 6.07) is 16.8. The molecule has 4 nitrogen and oxygen atoms in total. The Labute approximate surface area is 120 Å². The third-order valence-corrected chi connectivity index (χ3v) is 4.76. The standard InChI is InChI=1S/C15H18N2O2S/c1-17(2)20(18,19)15-10-6-7-13(11-15)12-16-14-8-4-3-5-9-14/h3-11,16H,12H2,1-2H3.